The molecule has 0 saturated carbocycles. The van der Waals surface area contributed by atoms with Crippen LogP contribution in [-0.4, -0.2) is 17.4 Å². The molecule has 0 aromatic rings. The zero-order chi connectivity index (χ0) is 7.15. The summed E-state index contributed by atoms with van der Waals surface area (Å²) in [4.78, 5) is 17.8. The SMILES string of the molecule is CC(=O)[O-].CC(=O)[O-].[OH-].[Zr+3]. The van der Waals surface area contributed by atoms with Crippen LogP contribution in [0.2, 0.25) is 0 Å². The van der Waals surface area contributed by atoms with E-state index in [4.69, 9.17) is 19.8 Å². The monoisotopic (exact) mass is 225 g/mol. The van der Waals surface area contributed by atoms with Crippen LogP contribution in [0.5, 0.6) is 0 Å². The minimum absolute atomic E-state index is 0. The number of carbonyl (C=O) groups excluding carboxylic acids is 2. The molecule has 0 atom stereocenters. The first-order valence-corrected chi connectivity index (χ1v) is 1.82. The molecule has 5 nitrogen and oxygen atoms in total. The Hall–Kier alpha value is -0.217. The van der Waals surface area contributed by atoms with Crippen molar-refractivity contribution in [2.24, 2.45) is 0 Å². The van der Waals surface area contributed by atoms with E-state index in [1.54, 1.807) is 0 Å². The zero-order valence-corrected chi connectivity index (χ0v) is 8.04. The van der Waals surface area contributed by atoms with Crippen LogP contribution in [0.15, 0.2) is 0 Å². The molecular formula is C4H7O5Zr. The van der Waals surface area contributed by atoms with Gasteiger partial charge in [0.15, 0.2) is 0 Å². The van der Waals surface area contributed by atoms with Gasteiger partial charge < -0.3 is 25.3 Å². The van der Waals surface area contributed by atoms with Gasteiger partial charge in [-0.15, -0.1) is 0 Å². The molecule has 0 aromatic heterocycles. The van der Waals surface area contributed by atoms with Crippen molar-refractivity contribution in [3.8, 4) is 0 Å². The third-order valence-electron chi connectivity index (χ3n) is 0. The smallest absolute Gasteiger partial charge is 0.870 e. The van der Waals surface area contributed by atoms with Gasteiger partial charge in [0, 0.05) is 11.9 Å². The van der Waals surface area contributed by atoms with Crippen LogP contribution < -0.4 is 10.2 Å². The van der Waals surface area contributed by atoms with Gasteiger partial charge in [0.2, 0.25) is 0 Å². The molecule has 0 aliphatic rings. The van der Waals surface area contributed by atoms with Crippen molar-refractivity contribution in [2.75, 3.05) is 0 Å². The van der Waals surface area contributed by atoms with E-state index < -0.39 is 11.9 Å². The van der Waals surface area contributed by atoms with Gasteiger partial charge >= 0.3 is 26.2 Å². The Labute approximate surface area is 77.5 Å². The molecular weight excluding hydrogens is 219 g/mol. The maximum absolute atomic E-state index is 8.89. The fourth-order valence-electron chi connectivity index (χ4n) is 0. The molecule has 0 heterocycles. The molecule has 6 heteroatoms. The molecule has 0 rings (SSSR count). The summed E-state index contributed by atoms with van der Waals surface area (Å²) in [6.07, 6.45) is 0. The maximum atomic E-state index is 8.89. The zero-order valence-electron chi connectivity index (χ0n) is 5.58. The van der Waals surface area contributed by atoms with Crippen LogP contribution in [-0.2, 0) is 35.8 Å². The summed E-state index contributed by atoms with van der Waals surface area (Å²) in [6, 6.07) is 0. The third kappa shape index (κ3) is 7610. The van der Waals surface area contributed by atoms with Crippen molar-refractivity contribution >= 4 is 11.9 Å². The Kier molecular flexibility index (Phi) is 35.9. The number of rotatable bonds is 0. The van der Waals surface area contributed by atoms with Crippen molar-refractivity contribution in [1.82, 2.24) is 0 Å². The van der Waals surface area contributed by atoms with Gasteiger partial charge in [-0.05, 0) is 13.8 Å². The number of aliphatic carboxylic acids is 2. The molecule has 0 unspecified atom stereocenters. The molecule has 0 aliphatic heterocycles. The van der Waals surface area contributed by atoms with Crippen molar-refractivity contribution in [1.29, 1.82) is 0 Å². The van der Waals surface area contributed by atoms with E-state index >= 15 is 0 Å². The topological polar surface area (TPSA) is 110 Å². The first-order chi connectivity index (χ1) is 3.46. The van der Waals surface area contributed by atoms with Gasteiger partial charge in [-0.1, -0.05) is 0 Å². The second-order valence-electron chi connectivity index (χ2n) is 0.983. The molecule has 0 spiro atoms. The van der Waals surface area contributed by atoms with Crippen molar-refractivity contribution < 1.29 is 51.5 Å². The van der Waals surface area contributed by atoms with Gasteiger partial charge in [0.05, 0.1) is 0 Å². The molecule has 1 radical (unpaired) electrons. The standard InChI is InChI=1S/2C2H4O2.H2O.Zr/c2*1-2(3)4;;/h2*1H3,(H,3,4);1H2;/q;;;+3/p-3. The van der Waals surface area contributed by atoms with E-state index in [9.17, 15) is 0 Å². The van der Waals surface area contributed by atoms with E-state index in [1.807, 2.05) is 0 Å². The number of carboxylic acids is 2. The van der Waals surface area contributed by atoms with Gasteiger partial charge in [-0.3, -0.25) is 0 Å². The van der Waals surface area contributed by atoms with Crippen LogP contribution in [0.4, 0.5) is 0 Å². The molecule has 57 valence electrons. The summed E-state index contributed by atoms with van der Waals surface area (Å²) in [6.45, 7) is 1.94. The quantitative estimate of drug-likeness (QED) is 0.447. The first kappa shape index (κ1) is 22.6. The van der Waals surface area contributed by atoms with E-state index in [2.05, 4.69) is 0 Å². The number of hydrogen-bond donors (Lipinski definition) is 0. The fourth-order valence-corrected chi connectivity index (χ4v) is 0. The van der Waals surface area contributed by atoms with E-state index in [0.29, 0.717) is 0 Å². The summed E-state index contributed by atoms with van der Waals surface area (Å²) in [5.74, 6) is -2.17. The Morgan fingerprint density at radius 1 is 1.00 bits per heavy atom. The van der Waals surface area contributed by atoms with E-state index in [1.165, 1.54) is 0 Å². The largest absolute Gasteiger partial charge is 3.00 e. The van der Waals surface area contributed by atoms with Crippen LogP contribution in [0.1, 0.15) is 13.8 Å². The molecule has 0 amide bonds. The summed E-state index contributed by atoms with van der Waals surface area (Å²) < 4.78 is 0. The van der Waals surface area contributed by atoms with E-state index in [0.717, 1.165) is 13.8 Å². The third-order valence-corrected chi connectivity index (χ3v) is 0. The Bertz CT molecular complexity index is 71.6. The number of hydrogen-bond acceptors (Lipinski definition) is 5. The predicted molar refractivity (Wildman–Crippen MR) is 23.3 cm³/mol. The molecule has 0 saturated heterocycles. The second kappa shape index (κ2) is 15.9. The van der Waals surface area contributed by atoms with Gasteiger partial charge in [0.25, 0.3) is 0 Å². The summed E-state index contributed by atoms with van der Waals surface area (Å²) in [5.41, 5.74) is 0. The molecule has 0 bridgehead atoms. The molecule has 0 aromatic carbocycles. The molecule has 0 aliphatic carbocycles. The average molecular weight is 226 g/mol. The minimum atomic E-state index is -1.08. The molecule has 1 N–H and O–H groups in total. The number of carboxylic acid groups (broad SMARTS) is 2. The van der Waals surface area contributed by atoms with Gasteiger partial charge in [-0.2, -0.15) is 0 Å². The average Bonchev–Trinajstić information content (AvgIpc) is 1.25. The summed E-state index contributed by atoms with van der Waals surface area (Å²) in [7, 11) is 0. The minimum Gasteiger partial charge on any atom is -0.870 e. The summed E-state index contributed by atoms with van der Waals surface area (Å²) >= 11 is 0. The van der Waals surface area contributed by atoms with Crippen LogP contribution in [0.25, 0.3) is 0 Å². The normalized spacial score (nSPS) is 5.00. The Balaban J connectivity index is -0.0000000300. The predicted octanol–water partition coefficient (Wildman–Crippen LogP) is -2.67. The second-order valence-corrected chi connectivity index (χ2v) is 0.983. The molecule has 0 fully saturated rings. The summed E-state index contributed by atoms with van der Waals surface area (Å²) in [5, 5.41) is 17.8. The fraction of sp³-hybridized carbons (Fsp3) is 0.500. The van der Waals surface area contributed by atoms with Gasteiger partial charge in [-0.25, -0.2) is 0 Å². The van der Waals surface area contributed by atoms with Crippen LogP contribution >= 0.6 is 0 Å². The Morgan fingerprint density at radius 3 is 1.00 bits per heavy atom. The Morgan fingerprint density at radius 2 is 1.00 bits per heavy atom. The van der Waals surface area contributed by atoms with Crippen LogP contribution in [0, 0.1) is 0 Å². The van der Waals surface area contributed by atoms with Crippen LogP contribution in [0.3, 0.4) is 0 Å². The van der Waals surface area contributed by atoms with Crippen molar-refractivity contribution in [3.05, 3.63) is 0 Å². The maximum Gasteiger partial charge on any atom is 3.00 e. The number of carbonyl (C=O) groups is 2. The van der Waals surface area contributed by atoms with Gasteiger partial charge in [0.1, 0.15) is 0 Å². The first-order valence-electron chi connectivity index (χ1n) is 1.82. The van der Waals surface area contributed by atoms with Crippen molar-refractivity contribution in [3.63, 3.8) is 0 Å². The van der Waals surface area contributed by atoms with E-state index in [-0.39, 0.29) is 31.7 Å². The molecule has 10 heavy (non-hydrogen) atoms. The van der Waals surface area contributed by atoms with Crippen molar-refractivity contribution in [2.45, 2.75) is 13.8 Å².